The second-order valence-corrected chi connectivity index (χ2v) is 7.93. The predicted octanol–water partition coefficient (Wildman–Crippen LogP) is 1.88. The fourth-order valence-corrected chi connectivity index (χ4v) is 3.95. The van der Waals surface area contributed by atoms with E-state index in [1.807, 2.05) is 0 Å². The average Bonchev–Trinajstić information content (AvgIpc) is 2.86. The monoisotopic (exact) mass is 406 g/mol. The number of sulfonamides is 1. The van der Waals surface area contributed by atoms with Crippen LogP contribution in [0.1, 0.15) is 44.9 Å². The van der Waals surface area contributed by atoms with E-state index in [1.54, 1.807) is 26.0 Å². The van der Waals surface area contributed by atoms with Crippen molar-refractivity contribution in [1.29, 1.82) is 0 Å². The lowest BCUT2D eigenvalue weighted by Gasteiger charge is -2.14. The third kappa shape index (κ3) is 3.51. The van der Waals surface area contributed by atoms with Gasteiger partial charge in [0.25, 0.3) is 11.8 Å². The molecule has 3 rings (SSSR count). The van der Waals surface area contributed by atoms with Gasteiger partial charge in [0, 0.05) is 6.04 Å². The first-order valence-corrected chi connectivity index (χ1v) is 9.62. The fourth-order valence-electron chi connectivity index (χ4n) is 2.60. The SMILES string of the molecule is CC(C)NS(=O)(=O)c1cc(C(=O)ON2C(=O)c3ccccc3C2=O)ccc1F. The molecule has 1 aliphatic rings. The minimum atomic E-state index is -4.22. The van der Waals surface area contributed by atoms with Crippen LogP contribution in [0, 0.1) is 5.82 Å². The summed E-state index contributed by atoms with van der Waals surface area (Å²) in [7, 11) is -4.22. The number of hydrogen-bond acceptors (Lipinski definition) is 6. The number of nitrogens with zero attached hydrogens (tertiary/aromatic N) is 1. The Kier molecular flexibility index (Phi) is 5.01. The topological polar surface area (TPSA) is 110 Å². The van der Waals surface area contributed by atoms with E-state index in [0.29, 0.717) is 0 Å². The van der Waals surface area contributed by atoms with Gasteiger partial charge in [-0.2, -0.15) is 0 Å². The highest BCUT2D eigenvalue weighted by Crippen LogP contribution is 2.24. The normalized spacial score (nSPS) is 13.8. The van der Waals surface area contributed by atoms with Crippen LogP contribution >= 0.6 is 0 Å². The number of carbonyl (C=O) groups excluding carboxylic acids is 3. The lowest BCUT2D eigenvalue weighted by molar-refractivity contribution is -0.0584. The Morgan fingerprint density at radius 3 is 2.18 bits per heavy atom. The maximum Gasteiger partial charge on any atom is 0.363 e. The lowest BCUT2D eigenvalue weighted by atomic mass is 10.1. The molecule has 0 spiro atoms. The molecule has 1 N–H and O–H groups in total. The quantitative estimate of drug-likeness (QED) is 0.760. The maximum atomic E-state index is 14.0. The van der Waals surface area contributed by atoms with E-state index in [4.69, 9.17) is 4.84 Å². The Labute approximate surface area is 159 Å². The van der Waals surface area contributed by atoms with E-state index in [1.165, 1.54) is 12.1 Å². The Morgan fingerprint density at radius 2 is 1.64 bits per heavy atom. The molecule has 0 aromatic heterocycles. The molecule has 2 amide bonds. The zero-order valence-corrected chi connectivity index (χ0v) is 15.6. The molecule has 0 atom stereocenters. The minimum Gasteiger partial charge on any atom is -0.324 e. The predicted molar refractivity (Wildman–Crippen MR) is 94.2 cm³/mol. The Morgan fingerprint density at radius 1 is 1.07 bits per heavy atom. The third-order valence-corrected chi connectivity index (χ3v) is 5.45. The third-order valence-electron chi connectivity index (χ3n) is 3.78. The number of fused-ring (bicyclic) bond motifs is 1. The highest BCUT2D eigenvalue weighted by Gasteiger charge is 2.39. The molecule has 1 heterocycles. The molecule has 2 aromatic rings. The van der Waals surface area contributed by atoms with Crippen molar-refractivity contribution in [2.24, 2.45) is 0 Å². The molecule has 0 radical (unpaired) electrons. The first-order valence-electron chi connectivity index (χ1n) is 8.14. The zero-order chi connectivity index (χ0) is 20.6. The number of hydrogen-bond donors (Lipinski definition) is 1. The largest absolute Gasteiger partial charge is 0.363 e. The van der Waals surface area contributed by atoms with Gasteiger partial charge in [0.2, 0.25) is 10.0 Å². The number of nitrogens with one attached hydrogen (secondary N) is 1. The van der Waals surface area contributed by atoms with Crippen molar-refractivity contribution in [2.45, 2.75) is 24.8 Å². The van der Waals surface area contributed by atoms with Crippen molar-refractivity contribution < 1.29 is 32.0 Å². The molecule has 1 aliphatic heterocycles. The average molecular weight is 406 g/mol. The molecule has 0 saturated heterocycles. The van der Waals surface area contributed by atoms with Crippen molar-refractivity contribution in [2.75, 3.05) is 0 Å². The van der Waals surface area contributed by atoms with Crippen LogP contribution in [0.5, 0.6) is 0 Å². The smallest absolute Gasteiger partial charge is 0.324 e. The van der Waals surface area contributed by atoms with Crippen LogP contribution in [-0.4, -0.2) is 37.3 Å². The zero-order valence-electron chi connectivity index (χ0n) is 14.8. The maximum absolute atomic E-state index is 14.0. The van der Waals surface area contributed by atoms with Crippen LogP contribution in [0.2, 0.25) is 0 Å². The molecule has 0 bridgehead atoms. The lowest BCUT2D eigenvalue weighted by Crippen LogP contribution is -2.33. The van der Waals surface area contributed by atoms with E-state index in [-0.39, 0.29) is 21.8 Å². The summed E-state index contributed by atoms with van der Waals surface area (Å²) >= 11 is 0. The molecule has 28 heavy (non-hydrogen) atoms. The highest BCUT2D eigenvalue weighted by atomic mass is 32.2. The molecule has 0 saturated carbocycles. The molecule has 2 aromatic carbocycles. The Balaban J connectivity index is 1.88. The van der Waals surface area contributed by atoms with E-state index < -0.39 is 44.6 Å². The van der Waals surface area contributed by atoms with Crippen molar-refractivity contribution in [1.82, 2.24) is 9.79 Å². The van der Waals surface area contributed by atoms with E-state index in [0.717, 1.165) is 18.2 Å². The summed E-state index contributed by atoms with van der Waals surface area (Å²) in [5.74, 6) is -3.91. The second-order valence-electron chi connectivity index (χ2n) is 6.25. The standard InChI is InChI=1S/C18H15FN2O6S/c1-10(2)20-28(25,26)15-9-11(7-8-14(15)19)18(24)27-21-16(22)12-5-3-4-6-13(12)17(21)23/h3-10,20H,1-2H3. The van der Waals surface area contributed by atoms with Crippen molar-refractivity contribution >= 4 is 27.8 Å². The van der Waals surface area contributed by atoms with E-state index in [9.17, 15) is 27.2 Å². The van der Waals surface area contributed by atoms with Gasteiger partial charge >= 0.3 is 5.97 Å². The van der Waals surface area contributed by atoms with Crippen LogP contribution in [0.3, 0.4) is 0 Å². The van der Waals surface area contributed by atoms with Crippen molar-refractivity contribution in [3.05, 3.63) is 65.0 Å². The van der Waals surface area contributed by atoms with E-state index >= 15 is 0 Å². The van der Waals surface area contributed by atoms with Crippen molar-refractivity contribution in [3.8, 4) is 0 Å². The summed E-state index contributed by atoms with van der Waals surface area (Å²) in [6, 6.07) is 7.96. The number of amides is 2. The van der Waals surface area contributed by atoms with Gasteiger partial charge < -0.3 is 4.84 Å². The van der Waals surface area contributed by atoms with Gasteiger partial charge in [-0.3, -0.25) is 9.59 Å². The Hall–Kier alpha value is -3.11. The number of rotatable bonds is 5. The van der Waals surface area contributed by atoms with Crippen LogP contribution in [-0.2, 0) is 14.9 Å². The number of halogens is 1. The van der Waals surface area contributed by atoms with Crippen molar-refractivity contribution in [3.63, 3.8) is 0 Å². The Bertz CT molecular complexity index is 1060. The minimum absolute atomic E-state index is 0.0730. The van der Waals surface area contributed by atoms with E-state index in [2.05, 4.69) is 4.72 Å². The van der Waals surface area contributed by atoms with Gasteiger partial charge in [-0.1, -0.05) is 17.2 Å². The number of benzene rings is 2. The van der Waals surface area contributed by atoms with Gasteiger partial charge in [-0.25, -0.2) is 22.3 Å². The fraction of sp³-hybridized carbons (Fsp3) is 0.167. The van der Waals surface area contributed by atoms with Gasteiger partial charge in [-0.15, -0.1) is 0 Å². The van der Waals surface area contributed by atoms with Gasteiger partial charge in [0.05, 0.1) is 16.7 Å². The summed E-state index contributed by atoms with van der Waals surface area (Å²) in [5.41, 5.74) is -0.199. The number of hydroxylamine groups is 2. The molecule has 8 nitrogen and oxygen atoms in total. The highest BCUT2D eigenvalue weighted by molar-refractivity contribution is 7.89. The second kappa shape index (κ2) is 7.13. The molecule has 0 unspecified atom stereocenters. The summed E-state index contributed by atoms with van der Waals surface area (Å²) in [6.45, 7) is 3.10. The summed E-state index contributed by atoms with van der Waals surface area (Å²) < 4.78 is 40.6. The molecule has 146 valence electrons. The summed E-state index contributed by atoms with van der Waals surface area (Å²) in [5, 5.41) is 0.289. The molecular weight excluding hydrogens is 391 g/mol. The molecule has 10 heteroatoms. The first-order chi connectivity index (χ1) is 13.1. The summed E-state index contributed by atoms with van der Waals surface area (Å²) in [6.07, 6.45) is 0. The number of carbonyl (C=O) groups is 3. The van der Waals surface area contributed by atoms with Crippen LogP contribution in [0.25, 0.3) is 0 Å². The van der Waals surface area contributed by atoms with Gasteiger partial charge in [-0.05, 0) is 44.2 Å². The number of imide groups is 1. The summed E-state index contributed by atoms with van der Waals surface area (Å²) in [4.78, 5) is 40.9. The van der Waals surface area contributed by atoms with Gasteiger partial charge in [0.15, 0.2) is 0 Å². The molecular formula is C18H15FN2O6S. The van der Waals surface area contributed by atoms with Crippen LogP contribution < -0.4 is 4.72 Å². The van der Waals surface area contributed by atoms with Gasteiger partial charge in [0.1, 0.15) is 10.7 Å². The van der Waals surface area contributed by atoms with Crippen LogP contribution in [0.4, 0.5) is 4.39 Å². The molecule has 0 fully saturated rings. The molecule has 0 aliphatic carbocycles. The van der Waals surface area contributed by atoms with Crippen LogP contribution in [0.15, 0.2) is 47.4 Å². The first kappa shape index (κ1) is 19.6.